The van der Waals surface area contributed by atoms with Gasteiger partial charge in [-0.25, -0.2) is 9.37 Å². The maximum atomic E-state index is 13.7. The fraction of sp³-hybridized carbons (Fsp3) is 0.167. The highest BCUT2D eigenvalue weighted by Crippen LogP contribution is 2.09. The second-order valence-electron chi connectivity index (χ2n) is 5.54. The molecule has 1 amide bonds. The third-order valence-corrected chi connectivity index (χ3v) is 3.83. The van der Waals surface area contributed by atoms with Gasteiger partial charge in [0.2, 0.25) is 5.91 Å². The first-order valence-electron chi connectivity index (χ1n) is 7.48. The number of carbonyl (C=O) groups excluding carboxylic acids is 1. The van der Waals surface area contributed by atoms with Crippen LogP contribution in [0.15, 0.2) is 59.7 Å². The zero-order valence-corrected chi connectivity index (χ0v) is 13.1. The van der Waals surface area contributed by atoms with Crippen LogP contribution in [0, 0.1) is 5.82 Å². The molecule has 0 atom stereocenters. The number of benzene rings is 2. The van der Waals surface area contributed by atoms with E-state index < -0.39 is 0 Å². The Labute approximate surface area is 138 Å². The molecule has 0 spiro atoms. The van der Waals surface area contributed by atoms with Gasteiger partial charge in [0.1, 0.15) is 12.4 Å². The summed E-state index contributed by atoms with van der Waals surface area (Å²) in [5.41, 5.74) is 0.747. The van der Waals surface area contributed by atoms with Crippen LogP contribution in [0.4, 0.5) is 4.39 Å². The molecule has 1 heterocycles. The highest BCUT2D eigenvalue weighted by atomic mass is 19.1. The average molecular weight is 325 g/mol. The Balaban J connectivity index is 1.78. The van der Waals surface area contributed by atoms with Crippen molar-refractivity contribution in [1.29, 1.82) is 0 Å². The summed E-state index contributed by atoms with van der Waals surface area (Å²) < 4.78 is 14.9. The lowest BCUT2D eigenvalue weighted by Crippen LogP contribution is -2.33. The molecule has 0 radical (unpaired) electrons. The van der Waals surface area contributed by atoms with Crippen molar-refractivity contribution in [2.45, 2.75) is 13.1 Å². The molecule has 0 unspecified atom stereocenters. The van der Waals surface area contributed by atoms with Crippen LogP contribution in [0.25, 0.3) is 10.9 Å². The lowest BCUT2D eigenvalue weighted by Gasteiger charge is -2.18. The Morgan fingerprint density at radius 3 is 2.67 bits per heavy atom. The van der Waals surface area contributed by atoms with Crippen LogP contribution in [0.1, 0.15) is 5.56 Å². The van der Waals surface area contributed by atoms with Gasteiger partial charge in [0.05, 0.1) is 17.2 Å². The number of hydrogen-bond donors (Lipinski definition) is 0. The lowest BCUT2D eigenvalue weighted by atomic mass is 10.2. The van der Waals surface area contributed by atoms with Crippen molar-refractivity contribution in [3.8, 4) is 0 Å². The molecule has 0 saturated carbocycles. The number of fused-ring (bicyclic) bond motifs is 1. The summed E-state index contributed by atoms with van der Waals surface area (Å²) in [7, 11) is 1.58. The standard InChI is InChI=1S/C18H16FN3O2/c1-21(10-13-6-2-4-8-15(13)19)17(23)11-22-12-20-16-9-5-3-7-14(16)18(22)24/h2-9,12H,10-11H2,1H3. The Bertz CT molecular complexity index is 952. The van der Waals surface area contributed by atoms with Gasteiger partial charge in [0, 0.05) is 19.2 Å². The average Bonchev–Trinajstić information content (AvgIpc) is 2.59. The SMILES string of the molecule is CN(Cc1ccccc1F)C(=O)Cn1cnc2ccccc2c1=O. The van der Waals surface area contributed by atoms with Gasteiger partial charge in [-0.2, -0.15) is 0 Å². The van der Waals surface area contributed by atoms with Crippen LogP contribution >= 0.6 is 0 Å². The number of halogens is 1. The molecular formula is C18H16FN3O2. The molecule has 24 heavy (non-hydrogen) atoms. The molecule has 3 aromatic rings. The number of rotatable bonds is 4. The Morgan fingerprint density at radius 1 is 1.17 bits per heavy atom. The van der Waals surface area contributed by atoms with E-state index in [1.807, 2.05) is 0 Å². The summed E-state index contributed by atoms with van der Waals surface area (Å²) in [6, 6.07) is 13.3. The van der Waals surface area contributed by atoms with Crippen LogP contribution in [0.5, 0.6) is 0 Å². The van der Waals surface area contributed by atoms with Crippen molar-refractivity contribution in [1.82, 2.24) is 14.5 Å². The number of carbonyl (C=O) groups is 1. The van der Waals surface area contributed by atoms with Gasteiger partial charge in [-0.1, -0.05) is 30.3 Å². The number of likely N-dealkylation sites (N-methyl/N-ethyl adjacent to an activating group) is 1. The van der Waals surface area contributed by atoms with E-state index in [0.717, 1.165) is 0 Å². The first kappa shape index (κ1) is 15.9. The minimum absolute atomic E-state index is 0.137. The summed E-state index contributed by atoms with van der Waals surface area (Å²) in [5.74, 6) is -0.654. The van der Waals surface area contributed by atoms with E-state index >= 15 is 0 Å². The molecule has 0 saturated heterocycles. The van der Waals surface area contributed by atoms with E-state index in [2.05, 4.69) is 4.98 Å². The third kappa shape index (κ3) is 3.17. The molecule has 0 N–H and O–H groups in total. The zero-order valence-electron chi connectivity index (χ0n) is 13.1. The first-order valence-corrected chi connectivity index (χ1v) is 7.48. The monoisotopic (exact) mass is 325 g/mol. The minimum atomic E-state index is -0.360. The van der Waals surface area contributed by atoms with Gasteiger partial charge in [-0.3, -0.25) is 14.2 Å². The molecule has 2 aromatic carbocycles. The summed E-state index contributed by atoms with van der Waals surface area (Å²) in [4.78, 5) is 30.3. The van der Waals surface area contributed by atoms with Crippen molar-refractivity contribution in [3.63, 3.8) is 0 Å². The molecule has 122 valence electrons. The Kier molecular flexibility index (Phi) is 4.37. The predicted molar refractivity (Wildman–Crippen MR) is 88.9 cm³/mol. The fourth-order valence-corrected chi connectivity index (χ4v) is 2.46. The van der Waals surface area contributed by atoms with E-state index in [-0.39, 0.29) is 30.4 Å². The third-order valence-electron chi connectivity index (χ3n) is 3.83. The highest BCUT2D eigenvalue weighted by molar-refractivity contribution is 5.78. The minimum Gasteiger partial charge on any atom is -0.340 e. The Hall–Kier alpha value is -3.02. The maximum Gasteiger partial charge on any atom is 0.261 e. The summed E-state index contributed by atoms with van der Waals surface area (Å²) in [6.45, 7) is 0.00286. The molecule has 0 bridgehead atoms. The quantitative estimate of drug-likeness (QED) is 0.739. The summed E-state index contributed by atoms with van der Waals surface area (Å²) in [6.07, 6.45) is 1.36. The highest BCUT2D eigenvalue weighted by Gasteiger charge is 2.14. The molecular weight excluding hydrogens is 309 g/mol. The number of nitrogens with zero attached hydrogens (tertiary/aromatic N) is 3. The largest absolute Gasteiger partial charge is 0.340 e. The number of amides is 1. The van der Waals surface area contributed by atoms with Gasteiger partial charge in [-0.05, 0) is 18.2 Å². The van der Waals surface area contributed by atoms with E-state index in [1.54, 1.807) is 49.5 Å². The maximum absolute atomic E-state index is 13.7. The second kappa shape index (κ2) is 6.62. The van der Waals surface area contributed by atoms with E-state index in [0.29, 0.717) is 16.5 Å². The van der Waals surface area contributed by atoms with Crippen molar-refractivity contribution >= 4 is 16.8 Å². The van der Waals surface area contributed by atoms with Crippen LogP contribution < -0.4 is 5.56 Å². The molecule has 1 aromatic heterocycles. The van der Waals surface area contributed by atoms with Gasteiger partial charge in [-0.15, -0.1) is 0 Å². The smallest absolute Gasteiger partial charge is 0.261 e. The van der Waals surface area contributed by atoms with Gasteiger partial charge in [0.15, 0.2) is 0 Å². The van der Waals surface area contributed by atoms with Gasteiger partial charge in [0.25, 0.3) is 5.56 Å². The predicted octanol–water partition coefficient (Wildman–Crippen LogP) is 2.19. The lowest BCUT2D eigenvalue weighted by molar-refractivity contribution is -0.131. The van der Waals surface area contributed by atoms with Crippen LogP contribution in [0.3, 0.4) is 0 Å². The van der Waals surface area contributed by atoms with Gasteiger partial charge < -0.3 is 4.90 Å². The van der Waals surface area contributed by atoms with Crippen LogP contribution in [-0.2, 0) is 17.9 Å². The molecule has 0 aliphatic carbocycles. The van der Waals surface area contributed by atoms with Crippen LogP contribution in [0.2, 0.25) is 0 Å². The zero-order chi connectivity index (χ0) is 17.1. The second-order valence-corrected chi connectivity index (χ2v) is 5.54. The fourth-order valence-electron chi connectivity index (χ4n) is 2.46. The number of aromatic nitrogens is 2. The first-order chi connectivity index (χ1) is 11.6. The topological polar surface area (TPSA) is 55.2 Å². The number of hydrogen-bond acceptors (Lipinski definition) is 3. The van der Waals surface area contributed by atoms with E-state index in [1.165, 1.54) is 21.9 Å². The van der Waals surface area contributed by atoms with Crippen molar-refractivity contribution < 1.29 is 9.18 Å². The van der Waals surface area contributed by atoms with Gasteiger partial charge >= 0.3 is 0 Å². The molecule has 6 heteroatoms. The van der Waals surface area contributed by atoms with Crippen molar-refractivity contribution in [2.24, 2.45) is 0 Å². The number of para-hydroxylation sites is 1. The molecule has 0 aliphatic heterocycles. The summed E-state index contributed by atoms with van der Waals surface area (Å²) >= 11 is 0. The summed E-state index contributed by atoms with van der Waals surface area (Å²) in [5, 5.41) is 0.463. The van der Waals surface area contributed by atoms with Crippen molar-refractivity contribution in [2.75, 3.05) is 7.05 Å². The van der Waals surface area contributed by atoms with E-state index in [4.69, 9.17) is 0 Å². The molecule has 3 rings (SSSR count). The van der Waals surface area contributed by atoms with Crippen molar-refractivity contribution in [3.05, 3.63) is 76.6 Å². The van der Waals surface area contributed by atoms with E-state index in [9.17, 15) is 14.0 Å². The molecule has 0 fully saturated rings. The molecule has 0 aliphatic rings. The Morgan fingerprint density at radius 2 is 1.88 bits per heavy atom. The normalized spacial score (nSPS) is 10.8. The molecule has 5 nitrogen and oxygen atoms in total. The van der Waals surface area contributed by atoms with Crippen LogP contribution in [-0.4, -0.2) is 27.4 Å².